The molecule has 0 aliphatic heterocycles. The molecule has 0 saturated carbocycles. The van der Waals surface area contributed by atoms with E-state index in [1.54, 1.807) is 0 Å². The molecule has 0 saturated heterocycles. The van der Waals surface area contributed by atoms with Gasteiger partial charge in [0, 0.05) is 0 Å². The van der Waals surface area contributed by atoms with E-state index in [1.165, 1.54) is 167 Å². The van der Waals surface area contributed by atoms with Gasteiger partial charge in [-0.25, -0.2) is 0 Å². The van der Waals surface area contributed by atoms with Crippen LogP contribution in [0, 0.1) is 11.8 Å². The number of hydrogen-bond donors (Lipinski definition) is 0. The average Bonchev–Trinajstić information content (AvgIpc) is 2.80. The van der Waals surface area contributed by atoms with E-state index in [4.69, 9.17) is 0 Å². The van der Waals surface area contributed by atoms with Crippen molar-refractivity contribution < 1.29 is 0 Å². The monoisotopic (exact) mass is 451 g/mol. The molecule has 0 bridgehead atoms. The summed E-state index contributed by atoms with van der Waals surface area (Å²) >= 11 is 0. The number of unbranched alkanes of at least 4 members (excludes halogenated alkanes) is 18. The third-order valence-corrected chi connectivity index (χ3v) is 7.94. The van der Waals surface area contributed by atoms with Crippen molar-refractivity contribution >= 4 is 0 Å². The van der Waals surface area contributed by atoms with Crippen LogP contribution in [0.15, 0.2) is 0 Å². The zero-order chi connectivity index (χ0) is 23.5. The molecule has 0 N–H and O–H groups in total. The van der Waals surface area contributed by atoms with Gasteiger partial charge in [0.25, 0.3) is 0 Å². The second-order valence-electron chi connectivity index (χ2n) is 11.3. The Morgan fingerprint density at radius 1 is 0.344 bits per heavy atom. The Kier molecular flexibility index (Phi) is 27.2. The number of rotatable bonds is 27. The topological polar surface area (TPSA) is 0 Å². The van der Waals surface area contributed by atoms with Crippen LogP contribution in [0.3, 0.4) is 0 Å². The molecule has 194 valence electrons. The highest BCUT2D eigenvalue weighted by Gasteiger charge is 2.10. The average molecular weight is 451 g/mol. The molecule has 0 aromatic heterocycles. The van der Waals surface area contributed by atoms with Crippen LogP contribution in [-0.2, 0) is 0 Å². The third kappa shape index (κ3) is 24.6. The normalized spacial score (nSPS) is 13.5. The van der Waals surface area contributed by atoms with Gasteiger partial charge in [-0.05, 0) is 11.8 Å². The fourth-order valence-corrected chi connectivity index (χ4v) is 5.23. The first-order valence-corrected chi connectivity index (χ1v) is 15.7. The molecule has 0 aromatic carbocycles. The van der Waals surface area contributed by atoms with Gasteiger partial charge >= 0.3 is 0 Å². The SMILES string of the molecule is CCCCCCCCCCCCCCCCC(CCCCCCCC)CCCC(C)CC. The van der Waals surface area contributed by atoms with Crippen LogP contribution in [0.4, 0.5) is 0 Å². The molecule has 0 heterocycles. The maximum atomic E-state index is 2.44. The predicted octanol–water partition coefficient (Wildman–Crippen LogP) is 12.4. The molecule has 0 aliphatic rings. The van der Waals surface area contributed by atoms with Crippen molar-refractivity contribution in [1.29, 1.82) is 0 Å². The second kappa shape index (κ2) is 27.2. The van der Waals surface area contributed by atoms with E-state index in [-0.39, 0.29) is 0 Å². The Balaban J connectivity index is 3.67. The predicted molar refractivity (Wildman–Crippen MR) is 150 cm³/mol. The molecule has 32 heavy (non-hydrogen) atoms. The van der Waals surface area contributed by atoms with Gasteiger partial charge in [0.2, 0.25) is 0 Å². The minimum Gasteiger partial charge on any atom is -0.0654 e. The Morgan fingerprint density at radius 2 is 0.656 bits per heavy atom. The molecule has 2 unspecified atom stereocenters. The molecule has 0 amide bonds. The summed E-state index contributed by atoms with van der Waals surface area (Å²) < 4.78 is 0. The second-order valence-corrected chi connectivity index (χ2v) is 11.3. The van der Waals surface area contributed by atoms with Crippen LogP contribution in [-0.4, -0.2) is 0 Å². The maximum Gasteiger partial charge on any atom is -0.0414 e. The summed E-state index contributed by atoms with van der Waals surface area (Å²) in [6, 6.07) is 0. The highest BCUT2D eigenvalue weighted by molar-refractivity contribution is 4.63. The van der Waals surface area contributed by atoms with Crippen LogP contribution in [0.1, 0.15) is 195 Å². The summed E-state index contributed by atoms with van der Waals surface area (Å²) in [5, 5.41) is 0. The standard InChI is InChI=1S/C32H66/c1-5-8-10-12-14-15-16-17-18-19-20-21-23-25-29-32(30-26-27-31(4)7-3)28-24-22-13-11-9-6-2/h31-32H,5-30H2,1-4H3. The first-order chi connectivity index (χ1) is 15.7. The van der Waals surface area contributed by atoms with E-state index in [0.717, 1.165) is 11.8 Å². The molecular formula is C32H66. The van der Waals surface area contributed by atoms with Crippen LogP contribution >= 0.6 is 0 Å². The largest absolute Gasteiger partial charge is 0.0654 e. The van der Waals surface area contributed by atoms with Crippen molar-refractivity contribution in [2.24, 2.45) is 11.8 Å². The summed E-state index contributed by atoms with van der Waals surface area (Å²) in [5.74, 6) is 1.97. The molecule has 0 aromatic rings. The Hall–Kier alpha value is 0. The quantitative estimate of drug-likeness (QED) is 0.109. The lowest BCUT2D eigenvalue weighted by molar-refractivity contribution is 0.353. The molecule has 0 nitrogen and oxygen atoms in total. The fourth-order valence-electron chi connectivity index (χ4n) is 5.23. The fraction of sp³-hybridized carbons (Fsp3) is 1.00. The van der Waals surface area contributed by atoms with Crippen LogP contribution in [0.5, 0.6) is 0 Å². The van der Waals surface area contributed by atoms with E-state index >= 15 is 0 Å². The lowest BCUT2D eigenvalue weighted by atomic mass is 9.88. The van der Waals surface area contributed by atoms with E-state index in [9.17, 15) is 0 Å². The smallest absolute Gasteiger partial charge is 0.0414 e. The summed E-state index contributed by atoms with van der Waals surface area (Å²) in [7, 11) is 0. The molecule has 2 atom stereocenters. The highest BCUT2D eigenvalue weighted by atomic mass is 14.2. The first-order valence-electron chi connectivity index (χ1n) is 15.7. The Labute approximate surface area is 206 Å². The van der Waals surface area contributed by atoms with Crippen LogP contribution in [0.2, 0.25) is 0 Å². The minimum absolute atomic E-state index is 0.936. The molecule has 0 rings (SSSR count). The summed E-state index contributed by atoms with van der Waals surface area (Å²) in [4.78, 5) is 0. The van der Waals surface area contributed by atoms with Crippen molar-refractivity contribution in [2.45, 2.75) is 195 Å². The number of hydrogen-bond acceptors (Lipinski definition) is 0. The molecule has 0 aliphatic carbocycles. The van der Waals surface area contributed by atoms with Crippen molar-refractivity contribution in [3.63, 3.8) is 0 Å². The zero-order valence-electron chi connectivity index (χ0n) is 23.5. The van der Waals surface area contributed by atoms with Gasteiger partial charge in [-0.15, -0.1) is 0 Å². The van der Waals surface area contributed by atoms with Crippen molar-refractivity contribution in [1.82, 2.24) is 0 Å². The summed E-state index contributed by atoms with van der Waals surface area (Å²) in [6.07, 6.45) is 38.3. The lowest BCUT2D eigenvalue weighted by Crippen LogP contribution is -2.03. The van der Waals surface area contributed by atoms with Crippen LogP contribution < -0.4 is 0 Å². The molecule has 0 spiro atoms. The van der Waals surface area contributed by atoms with E-state index in [2.05, 4.69) is 27.7 Å². The van der Waals surface area contributed by atoms with Crippen molar-refractivity contribution in [3.8, 4) is 0 Å². The van der Waals surface area contributed by atoms with Gasteiger partial charge in [-0.2, -0.15) is 0 Å². The molecule has 0 heteroatoms. The van der Waals surface area contributed by atoms with Crippen LogP contribution in [0.25, 0.3) is 0 Å². The minimum atomic E-state index is 0.936. The Bertz CT molecular complexity index is 320. The third-order valence-electron chi connectivity index (χ3n) is 7.94. The van der Waals surface area contributed by atoms with E-state index in [1.807, 2.05) is 0 Å². The molecule has 0 radical (unpaired) electrons. The summed E-state index contributed by atoms with van der Waals surface area (Å²) in [6.45, 7) is 9.43. The first kappa shape index (κ1) is 32.0. The maximum absolute atomic E-state index is 2.44. The van der Waals surface area contributed by atoms with E-state index in [0.29, 0.717) is 0 Å². The highest BCUT2D eigenvalue weighted by Crippen LogP contribution is 2.25. The van der Waals surface area contributed by atoms with E-state index < -0.39 is 0 Å². The van der Waals surface area contributed by atoms with Gasteiger partial charge in [0.1, 0.15) is 0 Å². The van der Waals surface area contributed by atoms with Crippen molar-refractivity contribution in [3.05, 3.63) is 0 Å². The lowest BCUT2D eigenvalue weighted by Gasteiger charge is -2.18. The van der Waals surface area contributed by atoms with Crippen molar-refractivity contribution in [2.75, 3.05) is 0 Å². The van der Waals surface area contributed by atoms with Gasteiger partial charge in [0.15, 0.2) is 0 Å². The van der Waals surface area contributed by atoms with Gasteiger partial charge < -0.3 is 0 Å². The van der Waals surface area contributed by atoms with Gasteiger partial charge in [-0.1, -0.05) is 195 Å². The molecule has 0 fully saturated rings. The Morgan fingerprint density at radius 3 is 1.00 bits per heavy atom. The summed E-state index contributed by atoms with van der Waals surface area (Å²) in [5.41, 5.74) is 0. The molecular weight excluding hydrogens is 384 g/mol. The van der Waals surface area contributed by atoms with Gasteiger partial charge in [0.05, 0.1) is 0 Å². The van der Waals surface area contributed by atoms with Gasteiger partial charge in [-0.3, -0.25) is 0 Å². The zero-order valence-corrected chi connectivity index (χ0v) is 23.5.